The average molecular weight is 521 g/mol. The highest BCUT2D eigenvalue weighted by Crippen LogP contribution is 2.25. The van der Waals surface area contributed by atoms with Gasteiger partial charge in [-0.15, -0.1) is 12.8 Å². The lowest BCUT2D eigenvalue weighted by Gasteiger charge is -2.23. The van der Waals surface area contributed by atoms with Crippen LogP contribution in [0.1, 0.15) is 68.9 Å². The van der Waals surface area contributed by atoms with E-state index in [1.54, 1.807) is 38.1 Å². The molecule has 1 saturated heterocycles. The monoisotopic (exact) mass is 520 g/mol. The third kappa shape index (κ3) is 10.6. The van der Waals surface area contributed by atoms with Gasteiger partial charge < -0.3 is 24.1 Å². The minimum atomic E-state index is -0.307. The van der Waals surface area contributed by atoms with E-state index in [1.165, 1.54) is 0 Å². The van der Waals surface area contributed by atoms with Crippen LogP contribution in [0.4, 0.5) is 0 Å². The lowest BCUT2D eigenvalue weighted by atomic mass is 9.96. The fourth-order valence-electron chi connectivity index (χ4n) is 3.76. The minimum absolute atomic E-state index is 0.162. The van der Waals surface area contributed by atoms with Gasteiger partial charge in [-0.2, -0.15) is 0 Å². The van der Waals surface area contributed by atoms with Gasteiger partial charge in [0.25, 0.3) is 0 Å². The maximum atomic E-state index is 11.6. The first-order valence-electron chi connectivity index (χ1n) is 12.8. The number of terminal acetylenes is 2. The predicted octanol–water partition coefficient (Wildman–Crippen LogP) is 5.32. The van der Waals surface area contributed by atoms with Crippen molar-refractivity contribution in [2.24, 2.45) is 0 Å². The van der Waals surface area contributed by atoms with Crippen molar-refractivity contribution in [1.82, 2.24) is 0 Å². The fourth-order valence-corrected chi connectivity index (χ4v) is 3.76. The smallest absolute Gasteiger partial charge is 0.307 e. The van der Waals surface area contributed by atoms with E-state index < -0.39 is 0 Å². The summed E-state index contributed by atoms with van der Waals surface area (Å²) in [7, 11) is 0. The molecule has 7 nitrogen and oxygen atoms in total. The molecule has 202 valence electrons. The van der Waals surface area contributed by atoms with Crippen LogP contribution in [0.25, 0.3) is 0 Å². The Morgan fingerprint density at radius 1 is 0.895 bits per heavy atom. The number of phenolic OH excluding ortho intramolecular Hbond substituents is 1. The van der Waals surface area contributed by atoms with Crippen LogP contribution in [0.2, 0.25) is 0 Å². The Morgan fingerprint density at radius 2 is 1.39 bits per heavy atom. The molecule has 1 fully saturated rings. The molecule has 1 aliphatic heterocycles. The summed E-state index contributed by atoms with van der Waals surface area (Å²) in [5.74, 6) is 4.95. The number of hydrogen-bond donors (Lipinski definition) is 1. The number of aromatic hydroxyl groups is 1. The number of benzene rings is 2. The van der Waals surface area contributed by atoms with E-state index in [-0.39, 0.29) is 48.7 Å². The van der Waals surface area contributed by atoms with Gasteiger partial charge in [-0.3, -0.25) is 9.59 Å². The van der Waals surface area contributed by atoms with E-state index in [9.17, 15) is 9.59 Å². The van der Waals surface area contributed by atoms with Gasteiger partial charge >= 0.3 is 11.9 Å². The van der Waals surface area contributed by atoms with Gasteiger partial charge in [-0.25, -0.2) is 0 Å². The Morgan fingerprint density at radius 3 is 1.82 bits per heavy atom. The summed E-state index contributed by atoms with van der Waals surface area (Å²) in [5, 5.41) is 9.13. The predicted molar refractivity (Wildman–Crippen MR) is 144 cm³/mol. The van der Waals surface area contributed by atoms with Gasteiger partial charge in [0.15, 0.2) is 6.29 Å². The maximum Gasteiger partial charge on any atom is 0.307 e. The van der Waals surface area contributed by atoms with Crippen LogP contribution >= 0.6 is 0 Å². The Kier molecular flexibility index (Phi) is 13.3. The molecular weight excluding hydrogens is 484 g/mol. The molecule has 0 bridgehead atoms. The van der Waals surface area contributed by atoms with Gasteiger partial charge in [0.05, 0.1) is 44.5 Å². The lowest BCUT2D eigenvalue weighted by Crippen LogP contribution is -2.24. The maximum absolute atomic E-state index is 11.6. The highest BCUT2D eigenvalue weighted by molar-refractivity contribution is 5.71. The molecule has 0 spiro atoms. The number of phenols is 1. The van der Waals surface area contributed by atoms with Crippen LogP contribution in [0.5, 0.6) is 11.5 Å². The first kappa shape index (κ1) is 30.3. The van der Waals surface area contributed by atoms with Gasteiger partial charge in [-0.05, 0) is 62.1 Å². The van der Waals surface area contributed by atoms with Crippen molar-refractivity contribution in [3.05, 3.63) is 59.7 Å². The highest BCUT2D eigenvalue weighted by Gasteiger charge is 2.17. The van der Waals surface area contributed by atoms with E-state index >= 15 is 0 Å². The molecule has 1 aliphatic rings. The van der Waals surface area contributed by atoms with Gasteiger partial charge in [0.2, 0.25) is 0 Å². The molecular formula is C31H36O7. The molecule has 7 heteroatoms. The standard InChI is InChI=1S/C18H22O4.C13H14O3/c1-3-14(13-17(19)20-4-2)15-8-10-16(11-9-15)22-18-7-5-6-12-21-18;1-3-10(9-13(15)16-4-2)11-5-7-12(14)8-6-11/h1,8-11,14,18H,4-7,12-13H2,2H3;1,5-8,10,14H,4,9H2,2H3/t14-,18?;10-/m00/s1. The van der Waals surface area contributed by atoms with Crippen molar-refractivity contribution in [2.45, 2.75) is 64.1 Å². The zero-order valence-corrected chi connectivity index (χ0v) is 22.1. The Balaban J connectivity index is 0.000000281. The van der Waals surface area contributed by atoms with Crippen LogP contribution in [0.15, 0.2) is 48.5 Å². The third-order valence-corrected chi connectivity index (χ3v) is 5.74. The summed E-state index contributed by atoms with van der Waals surface area (Å²) in [5.41, 5.74) is 1.74. The highest BCUT2D eigenvalue weighted by atomic mass is 16.7. The Hall–Kier alpha value is -3.94. The van der Waals surface area contributed by atoms with Crippen LogP contribution in [0, 0.1) is 24.7 Å². The number of carbonyl (C=O) groups excluding carboxylic acids is 2. The zero-order valence-electron chi connectivity index (χ0n) is 22.1. The van der Waals surface area contributed by atoms with Gasteiger partial charge in [-0.1, -0.05) is 36.1 Å². The quantitative estimate of drug-likeness (QED) is 0.335. The molecule has 3 atom stereocenters. The van der Waals surface area contributed by atoms with Crippen molar-refractivity contribution in [3.63, 3.8) is 0 Å². The van der Waals surface area contributed by atoms with Gasteiger partial charge in [0.1, 0.15) is 11.5 Å². The van der Waals surface area contributed by atoms with Crippen molar-refractivity contribution >= 4 is 11.9 Å². The van der Waals surface area contributed by atoms with Gasteiger partial charge in [0, 0.05) is 6.42 Å². The van der Waals surface area contributed by atoms with Crippen LogP contribution in [-0.2, 0) is 23.8 Å². The number of rotatable bonds is 10. The van der Waals surface area contributed by atoms with Crippen molar-refractivity contribution in [2.75, 3.05) is 19.8 Å². The number of hydrogen-bond acceptors (Lipinski definition) is 7. The summed E-state index contributed by atoms with van der Waals surface area (Å²) < 4.78 is 21.1. The molecule has 2 aromatic carbocycles. The van der Waals surface area contributed by atoms with Crippen molar-refractivity contribution < 1.29 is 33.6 Å². The third-order valence-electron chi connectivity index (χ3n) is 5.74. The first-order chi connectivity index (χ1) is 18.4. The summed E-state index contributed by atoms with van der Waals surface area (Å²) in [6, 6.07) is 14.0. The molecule has 0 aromatic heterocycles. The molecule has 0 radical (unpaired) electrons. The SMILES string of the molecule is C#C[C@@H](CC(=O)OCC)c1ccc(O)cc1.C#C[C@@H](CC(=O)OCC)c1ccc(OC2CCCCO2)cc1. The van der Waals surface area contributed by atoms with Crippen LogP contribution in [0.3, 0.4) is 0 Å². The largest absolute Gasteiger partial charge is 0.508 e. The summed E-state index contributed by atoms with van der Waals surface area (Å²) in [4.78, 5) is 22.8. The van der Waals surface area contributed by atoms with Crippen LogP contribution in [-0.4, -0.2) is 43.2 Å². The second-order valence-electron chi connectivity index (χ2n) is 8.53. The second kappa shape index (κ2) is 16.7. The van der Waals surface area contributed by atoms with E-state index in [0.717, 1.165) is 42.7 Å². The Bertz CT molecular complexity index is 1070. The van der Waals surface area contributed by atoms with E-state index in [4.69, 9.17) is 36.9 Å². The topological polar surface area (TPSA) is 91.3 Å². The van der Waals surface area contributed by atoms with Crippen molar-refractivity contribution in [3.8, 4) is 36.2 Å². The molecule has 1 N–H and O–H groups in total. The molecule has 1 unspecified atom stereocenters. The minimum Gasteiger partial charge on any atom is -0.508 e. The number of ether oxygens (including phenoxy) is 4. The molecule has 38 heavy (non-hydrogen) atoms. The summed E-state index contributed by atoms with van der Waals surface area (Å²) in [6.07, 6.45) is 14.2. The normalized spacial score (nSPS) is 15.8. The fraction of sp³-hybridized carbons (Fsp3) is 0.419. The zero-order chi connectivity index (χ0) is 27.8. The molecule has 1 heterocycles. The second-order valence-corrected chi connectivity index (χ2v) is 8.53. The number of esters is 2. The molecule has 0 aliphatic carbocycles. The first-order valence-corrected chi connectivity index (χ1v) is 12.8. The molecule has 2 aromatic rings. The lowest BCUT2D eigenvalue weighted by molar-refractivity contribution is -0.144. The number of carbonyl (C=O) groups is 2. The summed E-state index contributed by atoms with van der Waals surface area (Å²) in [6.45, 7) is 5.00. The molecule has 0 amide bonds. The van der Waals surface area contributed by atoms with E-state index in [1.807, 2.05) is 24.3 Å². The molecule has 3 rings (SSSR count). The van der Waals surface area contributed by atoms with Crippen molar-refractivity contribution in [1.29, 1.82) is 0 Å². The average Bonchev–Trinajstić information content (AvgIpc) is 2.93. The Labute approximate surface area is 225 Å². The van der Waals surface area contributed by atoms with E-state index in [2.05, 4.69) is 11.8 Å². The van der Waals surface area contributed by atoms with E-state index in [0.29, 0.717) is 13.2 Å². The van der Waals surface area contributed by atoms with Crippen LogP contribution < -0.4 is 4.74 Å². The summed E-state index contributed by atoms with van der Waals surface area (Å²) >= 11 is 0. The molecule has 0 saturated carbocycles.